The zero-order valence-corrected chi connectivity index (χ0v) is 14.6. The number of nitrogens with one attached hydrogen (secondary N) is 2. The van der Waals surface area contributed by atoms with Crippen LogP contribution in [0.2, 0.25) is 0 Å². The molecule has 0 spiro atoms. The third kappa shape index (κ3) is 8.38. The molecule has 1 rings (SSSR count). The zero-order valence-electron chi connectivity index (χ0n) is 13.0. The van der Waals surface area contributed by atoms with Crippen molar-refractivity contribution in [3.8, 4) is 5.75 Å². The number of hydrogen-bond donors (Lipinski definition) is 3. The summed E-state index contributed by atoms with van der Waals surface area (Å²) in [4.78, 5) is 22.1. The van der Waals surface area contributed by atoms with Crippen LogP contribution in [0.4, 0.5) is 0 Å². The Balaban J connectivity index is 2.21. The predicted molar refractivity (Wildman–Crippen MR) is 94.6 cm³/mol. The Labute approximate surface area is 144 Å². The van der Waals surface area contributed by atoms with Gasteiger partial charge in [-0.15, -0.1) is 0 Å². The van der Waals surface area contributed by atoms with Gasteiger partial charge in [0.15, 0.2) is 4.32 Å². The molecule has 0 heterocycles. The number of hydrogen-bond acceptors (Lipinski definition) is 6. The van der Waals surface area contributed by atoms with Gasteiger partial charge in [0.1, 0.15) is 12.4 Å². The minimum atomic E-state index is -0.364. The first-order valence-corrected chi connectivity index (χ1v) is 8.21. The van der Waals surface area contributed by atoms with E-state index in [0.717, 1.165) is 23.1 Å². The number of rotatable bonds is 6. The largest absolute Gasteiger partial charge is 0.492 e. The lowest BCUT2D eigenvalue weighted by molar-refractivity contribution is -0.126. The molecule has 7 nitrogen and oxygen atoms in total. The molecular weight excluding hydrogens is 336 g/mol. The lowest BCUT2D eigenvalue weighted by atomic mass is 10.2. The highest BCUT2D eigenvalue weighted by atomic mass is 32.2. The second kappa shape index (κ2) is 10.0. The van der Waals surface area contributed by atoms with Crippen LogP contribution in [0.15, 0.2) is 24.3 Å². The number of amides is 2. The molecule has 0 radical (unpaired) electrons. The SMILES string of the molecule is CC(=O)NNC(=O)CSC(=S)N(N)CCOc1ccc(C)cc1. The van der Waals surface area contributed by atoms with E-state index in [1.54, 1.807) is 0 Å². The Hall–Kier alpha value is -1.84. The normalized spacial score (nSPS) is 9.87. The molecule has 0 aliphatic carbocycles. The number of thiocarbonyl (C=S) groups is 1. The number of nitrogens with zero attached hydrogens (tertiary/aromatic N) is 1. The topological polar surface area (TPSA) is 96.7 Å². The molecule has 1 aromatic carbocycles. The maximum atomic E-state index is 11.4. The first-order chi connectivity index (χ1) is 10.9. The molecule has 2 amide bonds. The van der Waals surface area contributed by atoms with Gasteiger partial charge < -0.3 is 4.74 Å². The number of hydrazine groups is 2. The standard InChI is InChI=1S/C14H20N4O3S2/c1-10-3-5-12(6-4-10)21-8-7-18(15)14(22)23-9-13(20)17-16-11(2)19/h3-6H,7-9,15H2,1-2H3,(H,16,19)(H,17,20). The average molecular weight is 356 g/mol. The van der Waals surface area contributed by atoms with Gasteiger partial charge in [0.05, 0.1) is 12.3 Å². The van der Waals surface area contributed by atoms with Crippen molar-refractivity contribution in [2.45, 2.75) is 13.8 Å². The Morgan fingerprint density at radius 1 is 1.30 bits per heavy atom. The fraction of sp³-hybridized carbons (Fsp3) is 0.357. The molecule has 0 saturated heterocycles. The molecule has 0 aliphatic rings. The number of thioether (sulfide) groups is 1. The van der Waals surface area contributed by atoms with Gasteiger partial charge in [-0.25, -0.2) is 5.84 Å². The summed E-state index contributed by atoms with van der Waals surface area (Å²) in [7, 11) is 0. The van der Waals surface area contributed by atoms with Gasteiger partial charge in [0.2, 0.25) is 11.8 Å². The zero-order chi connectivity index (χ0) is 17.2. The van der Waals surface area contributed by atoms with Crippen molar-refractivity contribution < 1.29 is 14.3 Å². The Morgan fingerprint density at radius 2 is 1.96 bits per heavy atom. The maximum Gasteiger partial charge on any atom is 0.248 e. The highest BCUT2D eigenvalue weighted by Crippen LogP contribution is 2.11. The van der Waals surface area contributed by atoms with E-state index < -0.39 is 0 Å². The summed E-state index contributed by atoms with van der Waals surface area (Å²) in [5, 5.41) is 1.35. The van der Waals surface area contributed by atoms with E-state index in [9.17, 15) is 9.59 Å². The van der Waals surface area contributed by atoms with Gasteiger partial charge in [-0.05, 0) is 19.1 Å². The van der Waals surface area contributed by atoms with E-state index in [1.165, 1.54) is 11.9 Å². The molecule has 23 heavy (non-hydrogen) atoms. The minimum absolute atomic E-state index is 0.0611. The summed E-state index contributed by atoms with van der Waals surface area (Å²) in [6, 6.07) is 7.69. The van der Waals surface area contributed by atoms with Crippen molar-refractivity contribution in [2.24, 2.45) is 5.84 Å². The summed E-state index contributed by atoms with van der Waals surface area (Å²) in [5.41, 5.74) is 5.60. The first kappa shape index (κ1) is 19.2. The fourth-order valence-corrected chi connectivity index (χ4v) is 2.24. The van der Waals surface area contributed by atoms with Gasteiger partial charge in [-0.2, -0.15) is 0 Å². The van der Waals surface area contributed by atoms with E-state index >= 15 is 0 Å². The van der Waals surface area contributed by atoms with Gasteiger partial charge in [0.25, 0.3) is 0 Å². The van der Waals surface area contributed by atoms with E-state index in [4.69, 9.17) is 22.8 Å². The van der Waals surface area contributed by atoms with Crippen LogP contribution in [-0.2, 0) is 9.59 Å². The lowest BCUT2D eigenvalue weighted by Gasteiger charge is -2.18. The molecule has 9 heteroatoms. The van der Waals surface area contributed by atoms with Crippen LogP contribution in [0.3, 0.4) is 0 Å². The maximum absolute atomic E-state index is 11.4. The molecule has 0 atom stereocenters. The van der Waals surface area contributed by atoms with Crippen LogP contribution in [0.5, 0.6) is 5.75 Å². The van der Waals surface area contributed by atoms with Gasteiger partial charge in [0, 0.05) is 6.92 Å². The Bertz CT molecular complexity index is 551. The van der Waals surface area contributed by atoms with E-state index in [0.29, 0.717) is 17.5 Å². The van der Waals surface area contributed by atoms with E-state index in [1.807, 2.05) is 31.2 Å². The molecule has 1 aromatic rings. The molecule has 0 saturated carbocycles. The minimum Gasteiger partial charge on any atom is -0.492 e. The summed E-state index contributed by atoms with van der Waals surface area (Å²) in [6.45, 7) is 4.07. The predicted octanol–water partition coefficient (Wildman–Crippen LogP) is 0.735. The van der Waals surface area contributed by atoms with Crippen LogP contribution in [-0.4, -0.2) is 40.0 Å². The van der Waals surface area contributed by atoms with Crippen LogP contribution >= 0.6 is 24.0 Å². The molecule has 0 fully saturated rings. The average Bonchev–Trinajstić information content (AvgIpc) is 2.52. The van der Waals surface area contributed by atoms with Crippen LogP contribution in [0.25, 0.3) is 0 Å². The van der Waals surface area contributed by atoms with Crippen LogP contribution < -0.4 is 21.4 Å². The van der Waals surface area contributed by atoms with Gasteiger partial charge in [-0.3, -0.25) is 25.4 Å². The number of carbonyl (C=O) groups is 2. The van der Waals surface area contributed by atoms with Crippen molar-refractivity contribution in [3.05, 3.63) is 29.8 Å². The Morgan fingerprint density at radius 3 is 2.57 bits per heavy atom. The van der Waals surface area contributed by atoms with Gasteiger partial charge in [-0.1, -0.05) is 41.7 Å². The molecule has 126 valence electrons. The molecule has 0 aromatic heterocycles. The van der Waals surface area contributed by atoms with Crippen LogP contribution in [0.1, 0.15) is 12.5 Å². The van der Waals surface area contributed by atoms with Crippen molar-refractivity contribution in [1.82, 2.24) is 15.9 Å². The van der Waals surface area contributed by atoms with Crippen molar-refractivity contribution in [2.75, 3.05) is 18.9 Å². The quantitative estimate of drug-likeness (QED) is 0.393. The van der Waals surface area contributed by atoms with Crippen molar-refractivity contribution >= 4 is 40.1 Å². The fourth-order valence-electron chi connectivity index (χ4n) is 1.39. The number of carbonyl (C=O) groups excluding carboxylic acids is 2. The first-order valence-electron chi connectivity index (χ1n) is 6.82. The second-order valence-corrected chi connectivity index (χ2v) is 6.25. The van der Waals surface area contributed by atoms with E-state index in [-0.39, 0.29) is 17.6 Å². The lowest BCUT2D eigenvalue weighted by Crippen LogP contribution is -2.42. The third-order valence-electron chi connectivity index (χ3n) is 2.56. The van der Waals surface area contributed by atoms with Gasteiger partial charge >= 0.3 is 0 Å². The monoisotopic (exact) mass is 356 g/mol. The van der Waals surface area contributed by atoms with E-state index in [2.05, 4.69) is 10.9 Å². The molecule has 0 aliphatic heterocycles. The van der Waals surface area contributed by atoms with Crippen molar-refractivity contribution in [1.29, 1.82) is 0 Å². The number of ether oxygens (including phenoxy) is 1. The third-order valence-corrected chi connectivity index (χ3v) is 4.04. The second-order valence-electron chi connectivity index (χ2n) is 4.64. The number of aryl methyl sites for hydroxylation is 1. The molecule has 0 bridgehead atoms. The smallest absolute Gasteiger partial charge is 0.248 e. The highest BCUT2D eigenvalue weighted by molar-refractivity contribution is 8.23. The summed E-state index contributed by atoms with van der Waals surface area (Å²) in [5.74, 6) is 5.91. The van der Waals surface area contributed by atoms with Crippen LogP contribution in [0, 0.1) is 6.92 Å². The highest BCUT2D eigenvalue weighted by Gasteiger charge is 2.09. The summed E-state index contributed by atoms with van der Waals surface area (Å²) in [6.07, 6.45) is 0. The number of benzene rings is 1. The summed E-state index contributed by atoms with van der Waals surface area (Å²) >= 11 is 6.22. The Kier molecular flexibility index (Phi) is 8.38. The number of nitrogens with two attached hydrogens (primary N) is 1. The molecule has 0 unspecified atom stereocenters. The summed E-state index contributed by atoms with van der Waals surface area (Å²) < 4.78 is 5.93. The molecule has 4 N–H and O–H groups in total. The van der Waals surface area contributed by atoms with Crippen molar-refractivity contribution in [3.63, 3.8) is 0 Å². The molecular formula is C14H20N4O3S2.